The van der Waals surface area contributed by atoms with Crippen LogP contribution in [0.2, 0.25) is 0 Å². The third-order valence-corrected chi connectivity index (χ3v) is 4.33. The fraction of sp³-hybridized carbons (Fsp3) is 0.438. The maximum Gasteiger partial charge on any atom is 0.262 e. The topological polar surface area (TPSA) is 76.1 Å². The lowest BCUT2D eigenvalue weighted by molar-refractivity contribution is -0.121. The maximum absolute atomic E-state index is 12.5. The molecule has 1 amide bonds. The molecule has 0 aliphatic carbocycles. The second-order valence-corrected chi connectivity index (χ2v) is 6.01. The summed E-state index contributed by atoms with van der Waals surface area (Å²) >= 11 is 5.23. The summed E-state index contributed by atoms with van der Waals surface area (Å²) in [5, 5.41) is 3.42. The van der Waals surface area contributed by atoms with Gasteiger partial charge in [0.05, 0.1) is 17.0 Å². The van der Waals surface area contributed by atoms with Crippen molar-refractivity contribution >= 4 is 29.0 Å². The third-order valence-electron chi connectivity index (χ3n) is 4.00. The number of aromatic nitrogens is 2. The average Bonchev–Trinajstić information content (AvgIpc) is 3.06. The van der Waals surface area contributed by atoms with E-state index in [1.54, 1.807) is 12.1 Å². The Morgan fingerprint density at radius 3 is 3.04 bits per heavy atom. The van der Waals surface area contributed by atoms with Crippen molar-refractivity contribution in [3.05, 3.63) is 39.4 Å². The zero-order valence-electron chi connectivity index (χ0n) is 12.7. The fourth-order valence-electron chi connectivity index (χ4n) is 2.74. The monoisotopic (exact) mass is 333 g/mol. The quantitative estimate of drug-likeness (QED) is 0.817. The lowest BCUT2D eigenvalue weighted by Crippen LogP contribution is -2.33. The minimum Gasteiger partial charge on any atom is -0.376 e. The van der Waals surface area contributed by atoms with Crippen LogP contribution in [0.3, 0.4) is 0 Å². The van der Waals surface area contributed by atoms with Crippen LogP contribution >= 0.6 is 12.2 Å². The SMILES string of the molecule is O=C(CCn1c(=S)[nH]c2ccccc2c1=O)NC[C@H]1CCCO1. The molecule has 1 saturated heterocycles. The summed E-state index contributed by atoms with van der Waals surface area (Å²) in [5.41, 5.74) is 0.540. The second-order valence-electron chi connectivity index (χ2n) is 5.62. The van der Waals surface area contributed by atoms with Crippen LogP contribution in [0, 0.1) is 4.77 Å². The van der Waals surface area contributed by atoms with Crippen molar-refractivity contribution in [2.45, 2.75) is 31.9 Å². The van der Waals surface area contributed by atoms with Gasteiger partial charge in [0.2, 0.25) is 5.91 Å². The van der Waals surface area contributed by atoms with Crippen molar-refractivity contribution in [1.29, 1.82) is 0 Å². The Morgan fingerprint density at radius 2 is 2.26 bits per heavy atom. The number of hydrogen-bond acceptors (Lipinski definition) is 4. The van der Waals surface area contributed by atoms with Crippen molar-refractivity contribution < 1.29 is 9.53 Å². The van der Waals surface area contributed by atoms with Crippen LogP contribution in [0.5, 0.6) is 0 Å². The summed E-state index contributed by atoms with van der Waals surface area (Å²) in [6.07, 6.45) is 2.35. The first-order valence-corrected chi connectivity index (χ1v) is 8.16. The Bertz CT molecular complexity index is 821. The highest BCUT2D eigenvalue weighted by Gasteiger charge is 2.16. The van der Waals surface area contributed by atoms with E-state index in [0.717, 1.165) is 19.4 Å². The first-order chi connectivity index (χ1) is 11.1. The predicted octanol–water partition coefficient (Wildman–Crippen LogP) is 1.74. The van der Waals surface area contributed by atoms with Crippen molar-refractivity contribution in [1.82, 2.24) is 14.9 Å². The summed E-state index contributed by atoms with van der Waals surface area (Å²) in [4.78, 5) is 27.4. The fourth-order valence-corrected chi connectivity index (χ4v) is 3.02. The number of benzene rings is 1. The van der Waals surface area contributed by atoms with Crippen molar-refractivity contribution in [3.8, 4) is 0 Å². The van der Waals surface area contributed by atoms with Crippen LogP contribution in [-0.4, -0.2) is 34.7 Å². The highest BCUT2D eigenvalue weighted by atomic mass is 32.1. The van der Waals surface area contributed by atoms with Gasteiger partial charge in [0.25, 0.3) is 5.56 Å². The van der Waals surface area contributed by atoms with E-state index in [9.17, 15) is 9.59 Å². The van der Waals surface area contributed by atoms with Gasteiger partial charge in [-0.3, -0.25) is 14.2 Å². The molecule has 0 saturated carbocycles. The predicted molar refractivity (Wildman–Crippen MR) is 90.0 cm³/mol. The van der Waals surface area contributed by atoms with E-state index in [1.165, 1.54) is 4.57 Å². The largest absolute Gasteiger partial charge is 0.376 e. The van der Waals surface area contributed by atoms with Gasteiger partial charge in [-0.15, -0.1) is 0 Å². The second kappa shape index (κ2) is 7.06. The lowest BCUT2D eigenvalue weighted by atomic mass is 10.2. The Hall–Kier alpha value is -1.99. The molecule has 0 bridgehead atoms. The van der Waals surface area contributed by atoms with Gasteiger partial charge in [-0.25, -0.2) is 0 Å². The summed E-state index contributed by atoms with van der Waals surface area (Å²) in [6.45, 7) is 1.55. The molecule has 1 aliphatic rings. The Kier molecular flexibility index (Phi) is 4.88. The third kappa shape index (κ3) is 3.68. The number of carbonyl (C=O) groups excluding carboxylic acids is 1. The van der Waals surface area contributed by atoms with E-state index >= 15 is 0 Å². The van der Waals surface area contributed by atoms with Crippen LogP contribution in [0.15, 0.2) is 29.1 Å². The van der Waals surface area contributed by atoms with Crippen LogP contribution in [0.4, 0.5) is 0 Å². The number of hydrogen-bond donors (Lipinski definition) is 2. The number of para-hydroxylation sites is 1. The standard InChI is InChI=1S/C16H19N3O3S/c20-14(17-10-11-4-3-9-22-11)7-8-19-15(21)12-5-1-2-6-13(12)18-16(19)23/h1-2,5-6,11H,3-4,7-10H2,(H,17,20)(H,18,23)/t11-/m1/s1. The molecule has 1 aromatic heterocycles. The molecule has 2 heterocycles. The number of rotatable bonds is 5. The number of H-pyrrole nitrogens is 1. The molecule has 1 aromatic carbocycles. The van der Waals surface area contributed by atoms with E-state index in [-0.39, 0.29) is 30.5 Å². The van der Waals surface area contributed by atoms with Gasteiger partial charge in [0, 0.05) is 26.1 Å². The molecule has 0 spiro atoms. The zero-order valence-corrected chi connectivity index (χ0v) is 13.5. The lowest BCUT2D eigenvalue weighted by Gasteiger charge is -2.11. The number of amides is 1. The molecule has 6 nitrogen and oxygen atoms in total. The summed E-state index contributed by atoms with van der Waals surface area (Å²) in [6, 6.07) is 7.21. The van der Waals surface area contributed by atoms with E-state index in [2.05, 4.69) is 10.3 Å². The van der Waals surface area contributed by atoms with Crippen LogP contribution in [0.1, 0.15) is 19.3 Å². The van der Waals surface area contributed by atoms with Gasteiger partial charge < -0.3 is 15.0 Å². The highest BCUT2D eigenvalue weighted by molar-refractivity contribution is 7.71. The van der Waals surface area contributed by atoms with Crippen molar-refractivity contribution in [3.63, 3.8) is 0 Å². The smallest absolute Gasteiger partial charge is 0.262 e. The van der Waals surface area contributed by atoms with Crippen molar-refractivity contribution in [2.75, 3.05) is 13.2 Å². The molecular weight excluding hydrogens is 314 g/mol. The first-order valence-electron chi connectivity index (χ1n) is 7.75. The first kappa shape index (κ1) is 15.9. The van der Waals surface area contributed by atoms with Crippen LogP contribution in [0.25, 0.3) is 10.9 Å². The van der Waals surface area contributed by atoms with Crippen LogP contribution < -0.4 is 10.9 Å². The van der Waals surface area contributed by atoms with Gasteiger partial charge in [-0.2, -0.15) is 0 Å². The van der Waals surface area contributed by atoms with Crippen molar-refractivity contribution in [2.24, 2.45) is 0 Å². The molecule has 23 heavy (non-hydrogen) atoms. The van der Waals surface area contributed by atoms with E-state index in [1.807, 2.05) is 12.1 Å². The summed E-state index contributed by atoms with van der Waals surface area (Å²) < 4.78 is 7.23. The normalized spacial score (nSPS) is 17.5. The Morgan fingerprint density at radius 1 is 1.43 bits per heavy atom. The van der Waals surface area contributed by atoms with Gasteiger partial charge in [-0.05, 0) is 37.2 Å². The average molecular weight is 333 g/mol. The summed E-state index contributed by atoms with van der Waals surface area (Å²) in [7, 11) is 0. The molecule has 3 rings (SSSR count). The highest BCUT2D eigenvalue weighted by Crippen LogP contribution is 2.10. The van der Waals surface area contributed by atoms with Crippen LogP contribution in [-0.2, 0) is 16.1 Å². The van der Waals surface area contributed by atoms with E-state index in [0.29, 0.717) is 22.2 Å². The number of nitrogens with zero attached hydrogens (tertiary/aromatic N) is 1. The summed E-state index contributed by atoms with van der Waals surface area (Å²) in [5.74, 6) is -0.102. The zero-order chi connectivity index (χ0) is 16.2. The number of ether oxygens (including phenoxy) is 1. The molecule has 7 heteroatoms. The number of aromatic amines is 1. The number of nitrogens with one attached hydrogen (secondary N) is 2. The molecule has 0 unspecified atom stereocenters. The molecule has 122 valence electrons. The molecule has 0 radical (unpaired) electrons. The minimum absolute atomic E-state index is 0.102. The number of fused-ring (bicyclic) bond motifs is 1. The Balaban J connectivity index is 1.65. The van der Waals surface area contributed by atoms with Gasteiger partial charge in [-0.1, -0.05) is 12.1 Å². The number of carbonyl (C=O) groups is 1. The molecule has 2 N–H and O–H groups in total. The molecule has 1 fully saturated rings. The van der Waals surface area contributed by atoms with E-state index < -0.39 is 0 Å². The molecule has 2 aromatic rings. The molecule has 1 aliphatic heterocycles. The Labute approximate surface area is 138 Å². The molecule has 1 atom stereocenters. The van der Waals surface area contributed by atoms with E-state index in [4.69, 9.17) is 17.0 Å². The van der Waals surface area contributed by atoms with Gasteiger partial charge in [0.15, 0.2) is 4.77 Å². The maximum atomic E-state index is 12.5. The van der Waals surface area contributed by atoms with Gasteiger partial charge in [0.1, 0.15) is 0 Å². The minimum atomic E-state index is -0.170. The molecular formula is C16H19N3O3S. The van der Waals surface area contributed by atoms with Gasteiger partial charge >= 0.3 is 0 Å².